The van der Waals surface area contributed by atoms with Crippen molar-refractivity contribution in [1.82, 2.24) is 10.3 Å². The van der Waals surface area contributed by atoms with Gasteiger partial charge in [0.1, 0.15) is 0 Å². The van der Waals surface area contributed by atoms with Gasteiger partial charge in [0.2, 0.25) is 0 Å². The molecule has 2 nitrogen and oxygen atoms in total. The summed E-state index contributed by atoms with van der Waals surface area (Å²) in [5, 5.41) is 5.39. The third-order valence-corrected chi connectivity index (χ3v) is 3.29. The number of rotatable bonds is 3. The molecule has 0 aliphatic carbocycles. The van der Waals surface area contributed by atoms with E-state index in [-0.39, 0.29) is 6.04 Å². The maximum absolute atomic E-state index is 4.41. The lowest BCUT2D eigenvalue weighted by Crippen LogP contribution is -2.17. The molecule has 0 bridgehead atoms. The van der Waals surface area contributed by atoms with Crippen LogP contribution in [0.2, 0.25) is 0 Å². The zero-order valence-corrected chi connectivity index (χ0v) is 9.71. The van der Waals surface area contributed by atoms with Gasteiger partial charge < -0.3 is 5.32 Å². The van der Waals surface area contributed by atoms with Gasteiger partial charge in [0.15, 0.2) is 0 Å². The van der Waals surface area contributed by atoms with Gasteiger partial charge in [-0.2, -0.15) is 0 Å². The maximum atomic E-state index is 4.41. The molecular weight excluding hydrogens is 204 g/mol. The first-order valence-electron chi connectivity index (χ1n) is 4.94. The molecule has 2 heterocycles. The summed E-state index contributed by atoms with van der Waals surface area (Å²) in [6, 6.07) is 8.56. The molecule has 0 aliphatic heterocycles. The van der Waals surface area contributed by atoms with Crippen LogP contribution in [-0.4, -0.2) is 12.0 Å². The predicted octanol–water partition coefficient (Wildman–Crippen LogP) is 2.76. The molecule has 0 aliphatic rings. The Bertz CT molecular complexity index is 423. The Morgan fingerprint density at radius 2 is 2.27 bits per heavy atom. The summed E-state index contributed by atoms with van der Waals surface area (Å²) < 4.78 is 0. The summed E-state index contributed by atoms with van der Waals surface area (Å²) in [5.41, 5.74) is 2.33. The Kier molecular flexibility index (Phi) is 3.14. The second-order valence-corrected chi connectivity index (χ2v) is 4.47. The lowest BCUT2D eigenvalue weighted by atomic mass is 10.1. The highest BCUT2D eigenvalue weighted by atomic mass is 32.1. The minimum absolute atomic E-state index is 0.213. The average molecular weight is 218 g/mol. The molecular formula is C12H14N2S. The van der Waals surface area contributed by atoms with E-state index in [9.17, 15) is 0 Å². The molecule has 2 aromatic rings. The van der Waals surface area contributed by atoms with Gasteiger partial charge in [-0.25, -0.2) is 0 Å². The number of hydrogen-bond acceptors (Lipinski definition) is 3. The van der Waals surface area contributed by atoms with Crippen LogP contribution in [0, 0.1) is 6.92 Å². The van der Waals surface area contributed by atoms with Gasteiger partial charge in [0, 0.05) is 11.1 Å². The number of hydrogen-bond donors (Lipinski definition) is 1. The molecule has 15 heavy (non-hydrogen) atoms. The first-order chi connectivity index (χ1) is 7.31. The highest BCUT2D eigenvalue weighted by molar-refractivity contribution is 7.10. The van der Waals surface area contributed by atoms with Crippen molar-refractivity contribution in [2.75, 3.05) is 7.05 Å². The van der Waals surface area contributed by atoms with Crippen molar-refractivity contribution in [3.63, 3.8) is 0 Å². The molecule has 0 aromatic carbocycles. The van der Waals surface area contributed by atoms with Gasteiger partial charge in [-0.15, -0.1) is 11.3 Å². The first-order valence-corrected chi connectivity index (χ1v) is 5.82. The summed E-state index contributed by atoms with van der Waals surface area (Å²) in [6.07, 6.45) is 1.86. The molecule has 0 radical (unpaired) electrons. The van der Waals surface area contributed by atoms with E-state index in [0.29, 0.717) is 0 Å². The van der Waals surface area contributed by atoms with Crippen molar-refractivity contribution in [2.24, 2.45) is 0 Å². The largest absolute Gasteiger partial charge is 0.307 e. The fourth-order valence-electron chi connectivity index (χ4n) is 1.61. The number of nitrogens with zero attached hydrogens (tertiary/aromatic N) is 1. The Labute approximate surface area is 94.0 Å². The normalized spacial score (nSPS) is 12.7. The van der Waals surface area contributed by atoms with E-state index in [0.717, 1.165) is 5.69 Å². The molecule has 1 unspecified atom stereocenters. The van der Waals surface area contributed by atoms with Crippen molar-refractivity contribution in [3.05, 3.63) is 52.0 Å². The van der Waals surface area contributed by atoms with Gasteiger partial charge in [0.05, 0.1) is 11.7 Å². The van der Waals surface area contributed by atoms with E-state index in [1.807, 2.05) is 19.3 Å². The third kappa shape index (κ3) is 2.25. The fourth-order valence-corrected chi connectivity index (χ4v) is 2.45. The smallest absolute Gasteiger partial charge is 0.0842 e. The van der Waals surface area contributed by atoms with E-state index in [4.69, 9.17) is 0 Å². The Balaban J connectivity index is 2.35. The molecule has 0 saturated carbocycles. The topological polar surface area (TPSA) is 24.9 Å². The van der Waals surface area contributed by atoms with Gasteiger partial charge >= 0.3 is 0 Å². The summed E-state index contributed by atoms with van der Waals surface area (Å²) >= 11 is 1.75. The van der Waals surface area contributed by atoms with Crippen LogP contribution in [0.15, 0.2) is 35.8 Å². The zero-order chi connectivity index (χ0) is 10.7. The quantitative estimate of drug-likeness (QED) is 0.857. The van der Waals surface area contributed by atoms with Crippen molar-refractivity contribution in [3.8, 4) is 0 Å². The van der Waals surface area contributed by atoms with E-state index in [1.54, 1.807) is 11.3 Å². The van der Waals surface area contributed by atoms with E-state index < -0.39 is 0 Å². The van der Waals surface area contributed by atoms with Crippen molar-refractivity contribution >= 4 is 11.3 Å². The van der Waals surface area contributed by atoms with Crippen LogP contribution in [0.1, 0.15) is 22.2 Å². The molecule has 2 rings (SSSR count). The standard InChI is InChI=1S/C12H14N2S/c1-9-5-6-14-10(8-9)12(13-2)11-4-3-7-15-11/h3-8,12-13H,1-2H3. The molecule has 0 fully saturated rings. The number of aryl methyl sites for hydroxylation is 1. The monoisotopic (exact) mass is 218 g/mol. The maximum Gasteiger partial charge on any atom is 0.0842 e. The van der Waals surface area contributed by atoms with Gasteiger partial charge in [-0.3, -0.25) is 4.98 Å². The van der Waals surface area contributed by atoms with Crippen molar-refractivity contribution in [1.29, 1.82) is 0 Å². The van der Waals surface area contributed by atoms with Crippen LogP contribution in [0.4, 0.5) is 0 Å². The highest BCUT2D eigenvalue weighted by Crippen LogP contribution is 2.24. The van der Waals surface area contributed by atoms with Gasteiger partial charge in [-0.05, 0) is 43.1 Å². The predicted molar refractivity (Wildman–Crippen MR) is 64.2 cm³/mol. The molecule has 0 saturated heterocycles. The lowest BCUT2D eigenvalue weighted by molar-refractivity contribution is 0.681. The van der Waals surface area contributed by atoms with Crippen LogP contribution in [0.3, 0.4) is 0 Å². The second kappa shape index (κ2) is 4.55. The summed E-state index contributed by atoms with van der Waals surface area (Å²) in [6.45, 7) is 2.09. The zero-order valence-electron chi connectivity index (χ0n) is 8.90. The number of pyridine rings is 1. The Hall–Kier alpha value is -1.19. The van der Waals surface area contributed by atoms with Crippen molar-refractivity contribution in [2.45, 2.75) is 13.0 Å². The summed E-state index contributed by atoms with van der Waals surface area (Å²) in [7, 11) is 1.97. The average Bonchev–Trinajstić information content (AvgIpc) is 2.72. The summed E-state index contributed by atoms with van der Waals surface area (Å²) in [4.78, 5) is 5.71. The number of thiophene rings is 1. The van der Waals surface area contributed by atoms with Crippen LogP contribution in [0.25, 0.3) is 0 Å². The molecule has 2 aromatic heterocycles. The number of nitrogens with one attached hydrogen (secondary N) is 1. The lowest BCUT2D eigenvalue weighted by Gasteiger charge is -2.14. The summed E-state index contributed by atoms with van der Waals surface area (Å²) in [5.74, 6) is 0. The van der Waals surface area contributed by atoms with Crippen LogP contribution >= 0.6 is 11.3 Å². The van der Waals surface area contributed by atoms with Gasteiger partial charge in [0.25, 0.3) is 0 Å². The molecule has 78 valence electrons. The Morgan fingerprint density at radius 3 is 2.87 bits per heavy atom. The first kappa shape index (κ1) is 10.3. The minimum atomic E-state index is 0.213. The molecule has 0 amide bonds. The molecule has 3 heteroatoms. The van der Waals surface area contributed by atoms with Gasteiger partial charge in [-0.1, -0.05) is 6.07 Å². The van der Waals surface area contributed by atoms with Crippen LogP contribution in [-0.2, 0) is 0 Å². The van der Waals surface area contributed by atoms with E-state index in [1.165, 1.54) is 10.4 Å². The SMILES string of the molecule is CNC(c1cc(C)ccn1)c1cccs1. The molecule has 1 atom stereocenters. The van der Waals surface area contributed by atoms with E-state index >= 15 is 0 Å². The van der Waals surface area contributed by atoms with Crippen LogP contribution in [0.5, 0.6) is 0 Å². The molecule has 1 N–H and O–H groups in total. The van der Waals surface area contributed by atoms with E-state index in [2.05, 4.69) is 40.8 Å². The van der Waals surface area contributed by atoms with Crippen LogP contribution < -0.4 is 5.32 Å². The highest BCUT2D eigenvalue weighted by Gasteiger charge is 2.13. The Morgan fingerprint density at radius 1 is 1.40 bits per heavy atom. The minimum Gasteiger partial charge on any atom is -0.307 e. The fraction of sp³-hybridized carbons (Fsp3) is 0.250. The van der Waals surface area contributed by atoms with Crippen molar-refractivity contribution < 1.29 is 0 Å². The number of aromatic nitrogens is 1. The third-order valence-electron chi connectivity index (χ3n) is 2.35. The molecule has 0 spiro atoms. The second-order valence-electron chi connectivity index (χ2n) is 3.50.